The van der Waals surface area contributed by atoms with Gasteiger partial charge in [0.1, 0.15) is 12.0 Å². The molecule has 1 heterocycles. The molecule has 0 aromatic carbocycles. The molecule has 0 saturated heterocycles. The molecule has 0 fully saturated rings. The van der Waals surface area contributed by atoms with E-state index >= 15 is 0 Å². The Morgan fingerprint density at radius 2 is 2.08 bits per heavy atom. The van der Waals surface area contributed by atoms with E-state index in [2.05, 4.69) is 0 Å². The van der Waals surface area contributed by atoms with Crippen LogP contribution in [0.5, 0.6) is 0 Å². The van der Waals surface area contributed by atoms with Gasteiger partial charge in [-0.1, -0.05) is 24.1 Å². The lowest BCUT2D eigenvalue weighted by Gasteiger charge is -2.23. The fraction of sp³-hybridized carbons (Fsp3) is 0.750. The molecule has 2 unspecified atom stereocenters. The number of hydrogen-bond donors (Lipinski definition) is 0. The highest BCUT2D eigenvalue weighted by molar-refractivity contribution is 6.21. The van der Waals surface area contributed by atoms with E-state index in [9.17, 15) is 13.2 Å². The minimum atomic E-state index is -4.19. The Labute approximate surface area is 80.2 Å². The normalized spacial score (nSPS) is 29.4. The Morgan fingerprint density at radius 1 is 1.54 bits per heavy atom. The molecule has 0 bridgehead atoms. The van der Waals surface area contributed by atoms with Gasteiger partial charge in [-0.05, 0) is 6.92 Å². The van der Waals surface area contributed by atoms with Gasteiger partial charge in [0.2, 0.25) is 0 Å². The smallest absolute Gasteiger partial charge is 0.352 e. The molecule has 0 saturated carbocycles. The van der Waals surface area contributed by atoms with Crippen molar-refractivity contribution < 1.29 is 13.2 Å². The topological polar surface area (TPSA) is 3.24 Å². The summed E-state index contributed by atoms with van der Waals surface area (Å²) in [7, 11) is 0. The van der Waals surface area contributed by atoms with E-state index in [1.807, 2.05) is 6.92 Å². The lowest BCUT2D eigenvalue weighted by Crippen LogP contribution is -2.34. The Morgan fingerprint density at radius 3 is 2.38 bits per heavy atom. The van der Waals surface area contributed by atoms with Gasteiger partial charge in [0.05, 0.1) is 0 Å². The zero-order valence-electron chi connectivity index (χ0n) is 7.40. The summed E-state index contributed by atoms with van der Waals surface area (Å²) in [5, 5.41) is 0. The fourth-order valence-corrected chi connectivity index (χ4v) is 1.62. The first kappa shape index (κ1) is 10.7. The third-order valence-corrected chi connectivity index (χ3v) is 2.81. The van der Waals surface area contributed by atoms with Crippen LogP contribution in [0.1, 0.15) is 13.8 Å². The molecule has 1 rings (SSSR count). The van der Waals surface area contributed by atoms with E-state index in [1.165, 1.54) is 6.20 Å². The van der Waals surface area contributed by atoms with Gasteiger partial charge < -0.3 is 4.90 Å². The second kappa shape index (κ2) is 3.40. The molecule has 1 aliphatic heterocycles. The Kier molecular flexibility index (Phi) is 2.80. The molecule has 1 aliphatic rings. The lowest BCUT2D eigenvalue weighted by molar-refractivity contribution is -0.141. The average molecular weight is 214 g/mol. The highest BCUT2D eigenvalue weighted by atomic mass is 35.5. The molecule has 0 aromatic rings. The summed E-state index contributed by atoms with van der Waals surface area (Å²) < 4.78 is 36.0. The molecule has 0 spiro atoms. The van der Waals surface area contributed by atoms with E-state index < -0.39 is 18.2 Å². The standard InChI is InChI=1S/C8H11ClF3N/c1-5-3-13(4-8(10,11)12)7(9)6(5)2/h3,6-7H,4H2,1-2H3. The molecule has 0 N–H and O–H groups in total. The van der Waals surface area contributed by atoms with Crippen LogP contribution in [0, 0.1) is 5.92 Å². The van der Waals surface area contributed by atoms with Crippen molar-refractivity contribution in [3.8, 4) is 0 Å². The molecule has 0 amide bonds. The third-order valence-electron chi connectivity index (χ3n) is 2.18. The number of rotatable bonds is 1. The third kappa shape index (κ3) is 2.53. The summed E-state index contributed by atoms with van der Waals surface area (Å²) in [4.78, 5) is 1.13. The first-order valence-electron chi connectivity index (χ1n) is 3.96. The van der Waals surface area contributed by atoms with Crippen molar-refractivity contribution >= 4 is 11.6 Å². The quantitative estimate of drug-likeness (QED) is 0.478. The Hall–Kier alpha value is -0.380. The second-order valence-corrected chi connectivity index (χ2v) is 3.77. The van der Waals surface area contributed by atoms with Crippen molar-refractivity contribution in [1.82, 2.24) is 4.90 Å². The van der Waals surface area contributed by atoms with Crippen molar-refractivity contribution in [2.75, 3.05) is 6.54 Å². The van der Waals surface area contributed by atoms with Crippen molar-refractivity contribution in [3.05, 3.63) is 11.8 Å². The first-order chi connectivity index (χ1) is 5.81. The van der Waals surface area contributed by atoms with E-state index in [4.69, 9.17) is 11.6 Å². The molecule has 0 aliphatic carbocycles. The summed E-state index contributed by atoms with van der Waals surface area (Å²) in [5.41, 5.74) is 0.325. The number of hydrogen-bond acceptors (Lipinski definition) is 1. The molecule has 2 atom stereocenters. The minimum Gasteiger partial charge on any atom is -0.352 e. The molecule has 5 heteroatoms. The van der Waals surface area contributed by atoms with Gasteiger partial charge in [0, 0.05) is 12.1 Å². The van der Waals surface area contributed by atoms with Gasteiger partial charge in [-0.15, -0.1) is 0 Å². The molecule has 13 heavy (non-hydrogen) atoms. The van der Waals surface area contributed by atoms with E-state index in [0.717, 1.165) is 10.5 Å². The minimum absolute atomic E-state index is 0.0102. The predicted octanol–water partition coefficient (Wildman–Crippen LogP) is 2.97. The highest BCUT2D eigenvalue weighted by Crippen LogP contribution is 2.32. The summed E-state index contributed by atoms with van der Waals surface area (Å²) in [6.07, 6.45) is -2.70. The highest BCUT2D eigenvalue weighted by Gasteiger charge is 2.36. The van der Waals surface area contributed by atoms with Crippen LogP contribution in [0.4, 0.5) is 13.2 Å². The van der Waals surface area contributed by atoms with Crippen LogP contribution in [-0.4, -0.2) is 23.1 Å². The summed E-state index contributed by atoms with van der Waals surface area (Å²) >= 11 is 5.80. The monoisotopic (exact) mass is 213 g/mol. The maximum atomic E-state index is 12.0. The van der Waals surface area contributed by atoms with Crippen LogP contribution >= 0.6 is 11.6 Å². The first-order valence-corrected chi connectivity index (χ1v) is 4.40. The van der Waals surface area contributed by atoms with E-state index in [-0.39, 0.29) is 5.92 Å². The van der Waals surface area contributed by atoms with Crippen molar-refractivity contribution in [2.24, 2.45) is 5.92 Å². The van der Waals surface area contributed by atoms with Crippen molar-refractivity contribution in [2.45, 2.75) is 25.5 Å². The predicted molar refractivity (Wildman–Crippen MR) is 45.3 cm³/mol. The zero-order valence-corrected chi connectivity index (χ0v) is 8.15. The van der Waals surface area contributed by atoms with Crippen LogP contribution in [0.15, 0.2) is 11.8 Å². The van der Waals surface area contributed by atoms with Gasteiger partial charge in [0.15, 0.2) is 0 Å². The van der Waals surface area contributed by atoms with Gasteiger partial charge in [0.25, 0.3) is 0 Å². The van der Waals surface area contributed by atoms with Crippen LogP contribution in [-0.2, 0) is 0 Å². The fourth-order valence-electron chi connectivity index (χ4n) is 1.29. The van der Waals surface area contributed by atoms with Crippen molar-refractivity contribution in [1.29, 1.82) is 0 Å². The molecule has 0 radical (unpaired) electrons. The second-order valence-electron chi connectivity index (χ2n) is 3.32. The van der Waals surface area contributed by atoms with Gasteiger partial charge in [-0.2, -0.15) is 13.2 Å². The number of alkyl halides is 4. The van der Waals surface area contributed by atoms with Crippen LogP contribution in [0.2, 0.25) is 0 Å². The van der Waals surface area contributed by atoms with Crippen LogP contribution < -0.4 is 0 Å². The van der Waals surface area contributed by atoms with Crippen LogP contribution in [0.25, 0.3) is 0 Å². The molecular formula is C8H11ClF3N. The maximum absolute atomic E-state index is 12.0. The molecular weight excluding hydrogens is 203 g/mol. The van der Waals surface area contributed by atoms with Gasteiger partial charge in [-0.25, -0.2) is 0 Å². The Bertz CT molecular complexity index is 224. The van der Waals surface area contributed by atoms with E-state index in [1.54, 1.807) is 6.92 Å². The van der Waals surface area contributed by atoms with Gasteiger partial charge in [-0.3, -0.25) is 0 Å². The van der Waals surface area contributed by atoms with Gasteiger partial charge >= 0.3 is 6.18 Å². The van der Waals surface area contributed by atoms with Crippen molar-refractivity contribution in [3.63, 3.8) is 0 Å². The zero-order chi connectivity index (χ0) is 10.2. The SMILES string of the molecule is CC1=CN(CC(F)(F)F)C(Cl)C1C. The lowest BCUT2D eigenvalue weighted by atomic mass is 10.1. The van der Waals surface area contributed by atoms with Crippen LogP contribution in [0.3, 0.4) is 0 Å². The van der Waals surface area contributed by atoms with E-state index in [0.29, 0.717) is 0 Å². The Balaban J connectivity index is 2.64. The molecule has 0 aromatic heterocycles. The largest absolute Gasteiger partial charge is 0.405 e. The summed E-state index contributed by atoms with van der Waals surface area (Å²) in [5.74, 6) is -0.0102. The molecule has 1 nitrogen and oxygen atoms in total. The average Bonchev–Trinajstić information content (AvgIpc) is 2.15. The maximum Gasteiger partial charge on any atom is 0.405 e. The number of halogens is 4. The number of nitrogens with zero attached hydrogens (tertiary/aromatic N) is 1. The molecule has 76 valence electrons. The summed E-state index contributed by atoms with van der Waals surface area (Å²) in [6, 6.07) is 0. The summed E-state index contributed by atoms with van der Waals surface area (Å²) in [6.45, 7) is 2.64.